The van der Waals surface area contributed by atoms with Crippen molar-refractivity contribution in [1.82, 2.24) is 14.9 Å². The van der Waals surface area contributed by atoms with E-state index >= 15 is 0 Å². The summed E-state index contributed by atoms with van der Waals surface area (Å²) in [4.78, 5) is 30.1. The number of carbonyl (C=O) groups is 1. The number of amides is 1. The van der Waals surface area contributed by atoms with Gasteiger partial charge in [0.05, 0.1) is 16.7 Å². The molecule has 158 valence electrons. The highest BCUT2D eigenvalue weighted by molar-refractivity contribution is 7.99. The molecule has 6 nitrogen and oxygen atoms in total. The van der Waals surface area contributed by atoms with Crippen LogP contribution in [0.25, 0.3) is 10.9 Å². The second-order valence-electron chi connectivity index (χ2n) is 7.73. The summed E-state index contributed by atoms with van der Waals surface area (Å²) in [6, 6.07) is 7.64. The molecule has 0 atom stereocenters. The van der Waals surface area contributed by atoms with Crippen LogP contribution in [0.2, 0.25) is 0 Å². The molecule has 3 rings (SSSR count). The van der Waals surface area contributed by atoms with Crippen molar-refractivity contribution >= 4 is 28.6 Å². The summed E-state index contributed by atoms with van der Waals surface area (Å²) in [6.07, 6.45) is 5.17. The summed E-state index contributed by atoms with van der Waals surface area (Å²) in [7, 11) is 0. The van der Waals surface area contributed by atoms with Gasteiger partial charge in [-0.15, -0.1) is 0 Å². The predicted octanol–water partition coefficient (Wildman–Crippen LogP) is 3.61. The molecule has 1 aliphatic carbocycles. The van der Waals surface area contributed by atoms with Crippen LogP contribution in [0.4, 0.5) is 0 Å². The van der Waals surface area contributed by atoms with Crippen molar-refractivity contribution in [2.45, 2.75) is 63.7 Å². The van der Waals surface area contributed by atoms with E-state index in [0.717, 1.165) is 25.2 Å². The van der Waals surface area contributed by atoms with Crippen molar-refractivity contribution in [1.29, 1.82) is 0 Å². The van der Waals surface area contributed by atoms with Gasteiger partial charge >= 0.3 is 0 Å². The third-order valence-corrected chi connectivity index (χ3v) is 6.39. The Labute approximate surface area is 176 Å². The minimum atomic E-state index is -0.0590. The van der Waals surface area contributed by atoms with Gasteiger partial charge in [-0.1, -0.05) is 30.8 Å². The summed E-state index contributed by atoms with van der Waals surface area (Å²) in [5.74, 6) is 1.03. The lowest BCUT2D eigenvalue weighted by Gasteiger charge is -2.26. The summed E-state index contributed by atoms with van der Waals surface area (Å²) in [6.45, 7) is 6.01. The first-order chi connectivity index (χ1) is 14.1. The maximum Gasteiger partial charge on any atom is 0.262 e. The van der Waals surface area contributed by atoms with Crippen LogP contribution in [0.1, 0.15) is 46.0 Å². The first kappa shape index (κ1) is 21.8. The van der Waals surface area contributed by atoms with E-state index in [1.54, 1.807) is 10.6 Å². The summed E-state index contributed by atoms with van der Waals surface area (Å²) in [5, 5.41) is 4.35. The van der Waals surface area contributed by atoms with Crippen LogP contribution < -0.4 is 10.9 Å². The Morgan fingerprint density at radius 2 is 2.03 bits per heavy atom. The second-order valence-corrected chi connectivity index (χ2v) is 8.67. The average molecular weight is 418 g/mol. The molecule has 1 saturated carbocycles. The number of nitrogens with one attached hydrogen (secondary N) is 1. The highest BCUT2D eigenvalue weighted by atomic mass is 32.2. The minimum Gasteiger partial charge on any atom is -0.382 e. The Balaban J connectivity index is 1.69. The quantitative estimate of drug-likeness (QED) is 0.383. The molecule has 1 heterocycles. The molecule has 0 spiro atoms. The fourth-order valence-corrected chi connectivity index (χ4v) is 4.56. The summed E-state index contributed by atoms with van der Waals surface area (Å²) in [5.41, 5.74) is 0.610. The van der Waals surface area contributed by atoms with Crippen LogP contribution >= 0.6 is 11.8 Å². The number of benzene rings is 1. The van der Waals surface area contributed by atoms with Gasteiger partial charge in [0.15, 0.2) is 5.16 Å². The van der Waals surface area contributed by atoms with E-state index in [0.29, 0.717) is 35.8 Å². The van der Waals surface area contributed by atoms with Gasteiger partial charge in [0.1, 0.15) is 0 Å². The van der Waals surface area contributed by atoms with Crippen molar-refractivity contribution in [3.05, 3.63) is 34.6 Å². The first-order valence-electron chi connectivity index (χ1n) is 10.6. The summed E-state index contributed by atoms with van der Waals surface area (Å²) >= 11 is 1.34. The van der Waals surface area contributed by atoms with Crippen molar-refractivity contribution < 1.29 is 9.53 Å². The molecule has 1 aromatic heterocycles. The fraction of sp³-hybridized carbons (Fsp3) is 0.591. The van der Waals surface area contributed by atoms with Gasteiger partial charge in [-0.3, -0.25) is 14.2 Å². The van der Waals surface area contributed by atoms with Gasteiger partial charge in [-0.25, -0.2) is 4.98 Å². The number of aromatic nitrogens is 2. The Morgan fingerprint density at radius 1 is 1.28 bits per heavy atom. The van der Waals surface area contributed by atoms with Gasteiger partial charge in [-0.2, -0.15) is 0 Å². The molecule has 1 N–H and O–H groups in total. The number of fused-ring (bicyclic) bond motifs is 1. The van der Waals surface area contributed by atoms with Crippen LogP contribution in [-0.2, 0) is 16.1 Å². The van der Waals surface area contributed by atoms with Gasteiger partial charge in [-0.05, 0) is 57.1 Å². The Kier molecular flexibility index (Phi) is 8.12. The lowest BCUT2D eigenvalue weighted by atomic mass is 9.87. The number of hydrogen-bond acceptors (Lipinski definition) is 5. The number of carbonyl (C=O) groups excluding carboxylic acids is 1. The van der Waals surface area contributed by atoms with E-state index in [4.69, 9.17) is 4.74 Å². The van der Waals surface area contributed by atoms with Gasteiger partial charge in [0, 0.05) is 25.8 Å². The zero-order chi connectivity index (χ0) is 20.6. The molecule has 0 radical (unpaired) electrons. The van der Waals surface area contributed by atoms with E-state index in [1.807, 2.05) is 25.1 Å². The van der Waals surface area contributed by atoms with E-state index in [2.05, 4.69) is 17.2 Å². The van der Waals surface area contributed by atoms with Crippen molar-refractivity contribution in [2.75, 3.05) is 19.0 Å². The molecular weight excluding hydrogens is 386 g/mol. The van der Waals surface area contributed by atoms with Gasteiger partial charge < -0.3 is 10.1 Å². The number of thioether (sulfide) groups is 1. The molecule has 0 saturated heterocycles. The van der Waals surface area contributed by atoms with Crippen molar-refractivity contribution in [3.63, 3.8) is 0 Å². The van der Waals surface area contributed by atoms with Crippen LogP contribution in [-0.4, -0.2) is 40.5 Å². The lowest BCUT2D eigenvalue weighted by molar-refractivity contribution is -0.119. The monoisotopic (exact) mass is 417 g/mol. The van der Waals surface area contributed by atoms with E-state index in [-0.39, 0.29) is 23.3 Å². The molecule has 1 amide bonds. The van der Waals surface area contributed by atoms with E-state index < -0.39 is 0 Å². The van der Waals surface area contributed by atoms with Crippen molar-refractivity contribution in [2.24, 2.45) is 5.92 Å². The molecular formula is C22H31N3O3S. The standard InChI is InChI=1S/C22H31N3O3S/c1-3-28-14-6-13-25-21(27)18-7-4-5-8-19(18)24-22(25)29-15-20(26)23-17-11-9-16(2)10-12-17/h4-5,7-8,16-17H,3,6,9-15H2,1-2H3,(H,23,26). The van der Waals surface area contributed by atoms with Crippen LogP contribution in [0, 0.1) is 5.92 Å². The number of ether oxygens (including phenoxy) is 1. The topological polar surface area (TPSA) is 73.2 Å². The number of para-hydroxylation sites is 1. The van der Waals surface area contributed by atoms with Crippen molar-refractivity contribution in [3.8, 4) is 0 Å². The minimum absolute atomic E-state index is 0.0119. The number of hydrogen-bond donors (Lipinski definition) is 1. The van der Waals surface area contributed by atoms with Gasteiger partial charge in [0.25, 0.3) is 5.56 Å². The molecule has 0 unspecified atom stereocenters. The molecule has 1 aromatic carbocycles. The summed E-state index contributed by atoms with van der Waals surface area (Å²) < 4.78 is 7.09. The van der Waals surface area contributed by atoms with Gasteiger partial charge in [0.2, 0.25) is 5.91 Å². The average Bonchev–Trinajstić information content (AvgIpc) is 2.73. The molecule has 1 aliphatic rings. The van der Waals surface area contributed by atoms with Crippen LogP contribution in [0.15, 0.2) is 34.2 Å². The number of nitrogens with zero attached hydrogens (tertiary/aromatic N) is 2. The highest BCUT2D eigenvalue weighted by Gasteiger charge is 2.20. The SMILES string of the molecule is CCOCCCn1c(SCC(=O)NC2CCC(C)CC2)nc2ccccc2c1=O. The Hall–Kier alpha value is -1.86. The third-order valence-electron chi connectivity index (χ3n) is 5.41. The van der Waals surface area contributed by atoms with Crippen LogP contribution in [0.3, 0.4) is 0 Å². The molecule has 0 bridgehead atoms. The molecule has 1 fully saturated rings. The molecule has 29 heavy (non-hydrogen) atoms. The smallest absolute Gasteiger partial charge is 0.262 e. The number of rotatable bonds is 9. The second kappa shape index (κ2) is 10.8. The first-order valence-corrected chi connectivity index (χ1v) is 11.6. The molecule has 0 aliphatic heterocycles. The molecule has 2 aromatic rings. The normalized spacial score (nSPS) is 19.4. The van der Waals surface area contributed by atoms with E-state index in [1.165, 1.54) is 24.6 Å². The highest BCUT2D eigenvalue weighted by Crippen LogP contribution is 2.24. The molecule has 7 heteroatoms. The largest absolute Gasteiger partial charge is 0.382 e. The lowest BCUT2D eigenvalue weighted by Crippen LogP contribution is -2.38. The maximum atomic E-state index is 13.0. The Morgan fingerprint density at radius 3 is 2.79 bits per heavy atom. The third kappa shape index (κ3) is 6.06. The maximum absolute atomic E-state index is 13.0. The zero-order valence-electron chi connectivity index (χ0n) is 17.4. The Bertz CT molecular complexity index is 875. The van der Waals surface area contributed by atoms with Crippen LogP contribution in [0.5, 0.6) is 0 Å². The fourth-order valence-electron chi connectivity index (χ4n) is 3.73. The van der Waals surface area contributed by atoms with E-state index in [9.17, 15) is 9.59 Å². The predicted molar refractivity (Wildman–Crippen MR) is 117 cm³/mol. The zero-order valence-corrected chi connectivity index (χ0v) is 18.2.